The monoisotopic (exact) mass is 196 g/mol. The summed E-state index contributed by atoms with van der Waals surface area (Å²) in [5, 5.41) is 17.8. The van der Waals surface area contributed by atoms with Crippen molar-refractivity contribution in [1.29, 1.82) is 0 Å². The number of rotatable bonds is 4. The van der Waals surface area contributed by atoms with Gasteiger partial charge in [0.25, 0.3) is 0 Å². The smallest absolute Gasteiger partial charge is 0.313 e. The highest BCUT2D eigenvalue weighted by Gasteiger charge is 2.21. The zero-order chi connectivity index (χ0) is 10.6. The molecule has 0 aliphatic rings. The van der Waals surface area contributed by atoms with Gasteiger partial charge >= 0.3 is 5.97 Å². The molecule has 2 N–H and O–H groups in total. The Labute approximate surface area is 81.8 Å². The van der Waals surface area contributed by atoms with Crippen molar-refractivity contribution < 1.29 is 19.7 Å². The van der Waals surface area contributed by atoms with E-state index in [0.717, 1.165) is 0 Å². The van der Waals surface area contributed by atoms with Crippen LogP contribution in [0.2, 0.25) is 0 Å². The third kappa shape index (κ3) is 2.03. The number of carbonyl (C=O) groups is 1. The number of carboxylic acid groups (broad SMARTS) is 1. The van der Waals surface area contributed by atoms with Gasteiger partial charge in [0.05, 0.1) is 13.7 Å². The van der Waals surface area contributed by atoms with Crippen LogP contribution in [0.4, 0.5) is 0 Å². The van der Waals surface area contributed by atoms with Crippen LogP contribution in [0.1, 0.15) is 11.5 Å². The van der Waals surface area contributed by atoms with Gasteiger partial charge in [-0.05, 0) is 6.07 Å². The lowest BCUT2D eigenvalue weighted by molar-refractivity contribution is -0.139. The molecule has 0 bridgehead atoms. The van der Waals surface area contributed by atoms with Gasteiger partial charge in [-0.3, -0.25) is 4.79 Å². The summed E-state index contributed by atoms with van der Waals surface area (Å²) >= 11 is 0. The standard InChI is InChI=1S/C10H12O4/c1-14-9-5-3-2-4-7(9)8(6-11)10(12)13/h2-5,8,11H,6H2,1H3,(H,12,13). The van der Waals surface area contributed by atoms with Crippen molar-refractivity contribution in [3.8, 4) is 5.75 Å². The van der Waals surface area contributed by atoms with Crippen LogP contribution in [0.3, 0.4) is 0 Å². The molecule has 4 heteroatoms. The molecule has 0 aliphatic heterocycles. The fourth-order valence-corrected chi connectivity index (χ4v) is 1.26. The Morgan fingerprint density at radius 3 is 2.64 bits per heavy atom. The first-order chi connectivity index (χ1) is 6.70. The van der Waals surface area contributed by atoms with Gasteiger partial charge in [0.15, 0.2) is 0 Å². The number of para-hydroxylation sites is 1. The number of hydrogen-bond acceptors (Lipinski definition) is 3. The highest BCUT2D eigenvalue weighted by atomic mass is 16.5. The van der Waals surface area contributed by atoms with E-state index in [2.05, 4.69) is 0 Å². The van der Waals surface area contributed by atoms with E-state index in [1.54, 1.807) is 24.3 Å². The molecule has 1 atom stereocenters. The summed E-state index contributed by atoms with van der Waals surface area (Å²) in [7, 11) is 1.47. The average molecular weight is 196 g/mol. The van der Waals surface area contributed by atoms with E-state index in [1.807, 2.05) is 0 Å². The molecular formula is C10H12O4. The normalized spacial score (nSPS) is 12.1. The summed E-state index contributed by atoms with van der Waals surface area (Å²) in [6.45, 7) is -0.435. The van der Waals surface area contributed by atoms with Gasteiger partial charge in [-0.2, -0.15) is 0 Å². The zero-order valence-corrected chi connectivity index (χ0v) is 7.80. The fraction of sp³-hybridized carbons (Fsp3) is 0.300. The SMILES string of the molecule is COc1ccccc1C(CO)C(=O)O. The predicted molar refractivity (Wildman–Crippen MR) is 50.5 cm³/mol. The number of carboxylic acids is 1. The number of benzene rings is 1. The molecule has 4 nitrogen and oxygen atoms in total. The van der Waals surface area contributed by atoms with E-state index in [9.17, 15) is 4.79 Å². The highest BCUT2D eigenvalue weighted by molar-refractivity contribution is 5.77. The molecule has 0 fully saturated rings. The molecule has 14 heavy (non-hydrogen) atoms. The molecular weight excluding hydrogens is 184 g/mol. The van der Waals surface area contributed by atoms with E-state index in [-0.39, 0.29) is 0 Å². The fourth-order valence-electron chi connectivity index (χ4n) is 1.26. The molecule has 0 aromatic heterocycles. The van der Waals surface area contributed by atoms with Crippen LogP contribution in [-0.2, 0) is 4.79 Å². The topological polar surface area (TPSA) is 66.8 Å². The summed E-state index contributed by atoms with van der Waals surface area (Å²) in [5.74, 6) is -1.50. The van der Waals surface area contributed by atoms with Gasteiger partial charge in [0, 0.05) is 5.56 Å². The third-order valence-corrected chi connectivity index (χ3v) is 2.00. The summed E-state index contributed by atoms with van der Waals surface area (Å²) in [5.41, 5.74) is 0.491. The van der Waals surface area contributed by atoms with E-state index < -0.39 is 18.5 Å². The van der Waals surface area contributed by atoms with Crippen LogP contribution in [0, 0.1) is 0 Å². The minimum atomic E-state index is -1.06. The van der Waals surface area contributed by atoms with Gasteiger partial charge in [-0.15, -0.1) is 0 Å². The van der Waals surface area contributed by atoms with Gasteiger partial charge in [-0.1, -0.05) is 18.2 Å². The molecule has 0 heterocycles. The Balaban J connectivity index is 3.08. The minimum absolute atomic E-state index is 0.435. The van der Waals surface area contributed by atoms with Crippen LogP contribution in [0.5, 0.6) is 5.75 Å². The molecule has 0 spiro atoms. The van der Waals surface area contributed by atoms with Gasteiger partial charge in [-0.25, -0.2) is 0 Å². The number of ether oxygens (including phenoxy) is 1. The van der Waals surface area contributed by atoms with Crippen molar-refractivity contribution in [2.45, 2.75) is 5.92 Å². The maximum absolute atomic E-state index is 10.8. The molecule has 0 aliphatic carbocycles. The maximum Gasteiger partial charge on any atom is 0.313 e. The van der Waals surface area contributed by atoms with Gasteiger partial charge in [0.2, 0.25) is 0 Å². The highest BCUT2D eigenvalue weighted by Crippen LogP contribution is 2.26. The summed E-state index contributed by atoms with van der Waals surface area (Å²) in [4.78, 5) is 10.8. The van der Waals surface area contributed by atoms with Crippen molar-refractivity contribution in [3.05, 3.63) is 29.8 Å². The van der Waals surface area contributed by atoms with Gasteiger partial charge in [0.1, 0.15) is 11.7 Å². The largest absolute Gasteiger partial charge is 0.496 e. The molecule has 0 saturated carbocycles. The Hall–Kier alpha value is -1.55. The molecule has 0 saturated heterocycles. The zero-order valence-electron chi connectivity index (χ0n) is 7.80. The summed E-state index contributed by atoms with van der Waals surface area (Å²) < 4.78 is 5.00. The van der Waals surface area contributed by atoms with Crippen molar-refractivity contribution in [3.63, 3.8) is 0 Å². The van der Waals surface area contributed by atoms with Crippen molar-refractivity contribution >= 4 is 5.97 Å². The number of methoxy groups -OCH3 is 1. The molecule has 1 aromatic carbocycles. The Morgan fingerprint density at radius 1 is 1.50 bits per heavy atom. The van der Waals surface area contributed by atoms with E-state index in [1.165, 1.54) is 7.11 Å². The lowest BCUT2D eigenvalue weighted by Crippen LogP contribution is -2.16. The second kappa shape index (κ2) is 4.62. The van der Waals surface area contributed by atoms with Crippen LogP contribution < -0.4 is 4.74 Å². The van der Waals surface area contributed by atoms with Crippen molar-refractivity contribution in [2.75, 3.05) is 13.7 Å². The van der Waals surface area contributed by atoms with Crippen molar-refractivity contribution in [1.82, 2.24) is 0 Å². The van der Waals surface area contributed by atoms with E-state index in [0.29, 0.717) is 11.3 Å². The lowest BCUT2D eigenvalue weighted by Gasteiger charge is -2.13. The number of aliphatic hydroxyl groups is 1. The average Bonchev–Trinajstić information content (AvgIpc) is 2.19. The Morgan fingerprint density at radius 2 is 2.14 bits per heavy atom. The van der Waals surface area contributed by atoms with Crippen LogP contribution in [0.15, 0.2) is 24.3 Å². The summed E-state index contributed by atoms with van der Waals surface area (Å²) in [6, 6.07) is 6.76. The van der Waals surface area contributed by atoms with Gasteiger partial charge < -0.3 is 14.9 Å². The quantitative estimate of drug-likeness (QED) is 0.749. The summed E-state index contributed by atoms with van der Waals surface area (Å²) in [6.07, 6.45) is 0. The molecule has 1 rings (SSSR count). The minimum Gasteiger partial charge on any atom is -0.496 e. The number of aliphatic hydroxyl groups excluding tert-OH is 1. The Kier molecular flexibility index (Phi) is 3.48. The van der Waals surface area contributed by atoms with Crippen LogP contribution >= 0.6 is 0 Å². The van der Waals surface area contributed by atoms with Crippen LogP contribution in [-0.4, -0.2) is 29.9 Å². The van der Waals surface area contributed by atoms with E-state index >= 15 is 0 Å². The van der Waals surface area contributed by atoms with Crippen molar-refractivity contribution in [2.24, 2.45) is 0 Å². The Bertz CT molecular complexity index is 322. The number of aliphatic carboxylic acids is 1. The second-order valence-electron chi connectivity index (χ2n) is 2.82. The van der Waals surface area contributed by atoms with Crippen LogP contribution in [0.25, 0.3) is 0 Å². The third-order valence-electron chi connectivity index (χ3n) is 2.00. The molecule has 76 valence electrons. The first kappa shape index (κ1) is 10.5. The first-order valence-corrected chi connectivity index (χ1v) is 4.17. The molecule has 0 amide bonds. The lowest BCUT2D eigenvalue weighted by atomic mass is 9.99. The second-order valence-corrected chi connectivity index (χ2v) is 2.82. The van der Waals surface area contributed by atoms with E-state index in [4.69, 9.17) is 14.9 Å². The maximum atomic E-state index is 10.8. The molecule has 0 radical (unpaired) electrons. The molecule has 1 unspecified atom stereocenters. The predicted octanol–water partition coefficient (Wildman–Crippen LogP) is 0.856. The molecule has 1 aromatic rings. The first-order valence-electron chi connectivity index (χ1n) is 4.17. The number of hydrogen-bond donors (Lipinski definition) is 2.